The van der Waals surface area contributed by atoms with Gasteiger partial charge < -0.3 is 15.1 Å². The zero-order valence-corrected chi connectivity index (χ0v) is 15.8. The summed E-state index contributed by atoms with van der Waals surface area (Å²) in [6.07, 6.45) is 3.18. The maximum atomic E-state index is 12.9. The van der Waals surface area contributed by atoms with Crippen LogP contribution in [0.3, 0.4) is 0 Å². The Kier molecular flexibility index (Phi) is 4.80. The molecule has 0 aliphatic heterocycles. The Morgan fingerprint density at radius 3 is 2.71 bits per heavy atom. The maximum Gasteiger partial charge on any atom is 0.255 e. The van der Waals surface area contributed by atoms with E-state index in [0.29, 0.717) is 24.4 Å². The number of nitrogens with one attached hydrogen (secondary N) is 2. The molecular formula is C21H21N5O2. The standard InChI is InChI=1S/C21H21N5O2/c1-14-18-19(22-11-15-7-4-3-5-8-15)17(13-23-20(18)26(2)25-14)21(27)24-12-16-9-6-10-28-16/h3-10,13H,11-12H2,1-2H3,(H,22,23)(H,24,27). The number of carbonyl (C=O) groups is 1. The second kappa shape index (κ2) is 7.56. The van der Waals surface area contributed by atoms with Crippen LogP contribution in [0.25, 0.3) is 11.0 Å². The number of benzene rings is 1. The molecule has 0 spiro atoms. The predicted molar refractivity (Wildman–Crippen MR) is 107 cm³/mol. The molecule has 1 aromatic carbocycles. The van der Waals surface area contributed by atoms with Crippen molar-refractivity contribution in [3.05, 3.63) is 77.5 Å². The van der Waals surface area contributed by atoms with E-state index in [0.717, 1.165) is 28.0 Å². The molecule has 4 aromatic rings. The van der Waals surface area contributed by atoms with Crippen molar-refractivity contribution in [2.24, 2.45) is 7.05 Å². The van der Waals surface area contributed by atoms with Crippen LogP contribution in [0.4, 0.5) is 5.69 Å². The highest BCUT2D eigenvalue weighted by molar-refractivity contribution is 6.07. The minimum Gasteiger partial charge on any atom is -0.467 e. The summed E-state index contributed by atoms with van der Waals surface area (Å²) in [4.78, 5) is 17.3. The zero-order chi connectivity index (χ0) is 19.5. The summed E-state index contributed by atoms with van der Waals surface area (Å²) in [7, 11) is 1.85. The SMILES string of the molecule is Cc1nn(C)c2ncc(C(=O)NCc3ccco3)c(NCc3ccccc3)c12. The average molecular weight is 375 g/mol. The number of amides is 1. The van der Waals surface area contributed by atoms with Crippen molar-refractivity contribution in [1.82, 2.24) is 20.1 Å². The van der Waals surface area contributed by atoms with E-state index in [9.17, 15) is 4.79 Å². The van der Waals surface area contributed by atoms with Crippen molar-refractivity contribution < 1.29 is 9.21 Å². The van der Waals surface area contributed by atoms with Gasteiger partial charge in [-0.05, 0) is 24.6 Å². The molecule has 0 unspecified atom stereocenters. The molecule has 28 heavy (non-hydrogen) atoms. The summed E-state index contributed by atoms with van der Waals surface area (Å²) in [5.74, 6) is 0.475. The zero-order valence-electron chi connectivity index (χ0n) is 15.8. The Morgan fingerprint density at radius 2 is 1.96 bits per heavy atom. The molecule has 4 rings (SSSR count). The average Bonchev–Trinajstić information content (AvgIpc) is 3.33. The van der Waals surface area contributed by atoms with Gasteiger partial charge in [0.25, 0.3) is 5.91 Å². The van der Waals surface area contributed by atoms with Gasteiger partial charge in [0.1, 0.15) is 5.76 Å². The fraction of sp³-hybridized carbons (Fsp3) is 0.190. The molecule has 0 aliphatic carbocycles. The predicted octanol–water partition coefficient (Wildman–Crippen LogP) is 3.41. The monoisotopic (exact) mass is 375 g/mol. The molecule has 0 aliphatic rings. The Balaban J connectivity index is 1.68. The van der Waals surface area contributed by atoms with Gasteiger partial charge >= 0.3 is 0 Å². The van der Waals surface area contributed by atoms with Gasteiger partial charge in [0.05, 0.1) is 35.1 Å². The summed E-state index contributed by atoms with van der Waals surface area (Å²) in [6.45, 7) is 2.82. The van der Waals surface area contributed by atoms with Gasteiger partial charge in [-0.1, -0.05) is 30.3 Å². The topological polar surface area (TPSA) is 85.0 Å². The number of fused-ring (bicyclic) bond motifs is 1. The number of hydrogen-bond donors (Lipinski definition) is 2. The van der Waals surface area contributed by atoms with Crippen molar-refractivity contribution in [2.45, 2.75) is 20.0 Å². The minimum absolute atomic E-state index is 0.218. The molecule has 0 saturated carbocycles. The molecule has 2 N–H and O–H groups in total. The van der Waals surface area contributed by atoms with Crippen molar-refractivity contribution >= 4 is 22.6 Å². The van der Waals surface area contributed by atoms with Crippen LogP contribution < -0.4 is 10.6 Å². The third kappa shape index (κ3) is 3.46. The molecular weight excluding hydrogens is 354 g/mol. The van der Waals surface area contributed by atoms with Crippen LogP contribution in [0.2, 0.25) is 0 Å². The van der Waals surface area contributed by atoms with E-state index in [2.05, 4.69) is 20.7 Å². The van der Waals surface area contributed by atoms with E-state index in [4.69, 9.17) is 4.42 Å². The molecule has 1 amide bonds. The van der Waals surface area contributed by atoms with Crippen molar-refractivity contribution in [3.63, 3.8) is 0 Å². The molecule has 0 atom stereocenters. The van der Waals surface area contributed by atoms with E-state index in [1.807, 2.05) is 50.4 Å². The third-order valence-corrected chi connectivity index (χ3v) is 4.59. The first kappa shape index (κ1) is 17.8. The highest BCUT2D eigenvalue weighted by Gasteiger charge is 2.20. The first-order valence-corrected chi connectivity index (χ1v) is 9.04. The van der Waals surface area contributed by atoms with Crippen LogP contribution >= 0.6 is 0 Å². The fourth-order valence-electron chi connectivity index (χ4n) is 3.23. The molecule has 0 saturated heterocycles. The van der Waals surface area contributed by atoms with E-state index in [1.54, 1.807) is 23.2 Å². The Labute approximate surface area is 162 Å². The van der Waals surface area contributed by atoms with Crippen LogP contribution in [0.5, 0.6) is 0 Å². The smallest absolute Gasteiger partial charge is 0.255 e. The molecule has 142 valence electrons. The van der Waals surface area contributed by atoms with Crippen molar-refractivity contribution in [2.75, 3.05) is 5.32 Å². The molecule has 7 heteroatoms. The lowest BCUT2D eigenvalue weighted by atomic mass is 10.1. The number of pyridine rings is 1. The van der Waals surface area contributed by atoms with Crippen molar-refractivity contribution in [1.29, 1.82) is 0 Å². The fourth-order valence-corrected chi connectivity index (χ4v) is 3.23. The number of nitrogens with zero attached hydrogens (tertiary/aromatic N) is 3. The number of rotatable bonds is 6. The third-order valence-electron chi connectivity index (χ3n) is 4.59. The maximum absolute atomic E-state index is 12.9. The quantitative estimate of drug-likeness (QED) is 0.539. The number of anilines is 1. The lowest BCUT2D eigenvalue weighted by Crippen LogP contribution is -2.24. The van der Waals surface area contributed by atoms with Crippen LogP contribution in [0.1, 0.15) is 27.4 Å². The van der Waals surface area contributed by atoms with Gasteiger partial charge in [-0.25, -0.2) is 4.98 Å². The molecule has 0 radical (unpaired) electrons. The first-order chi connectivity index (χ1) is 13.6. The highest BCUT2D eigenvalue weighted by atomic mass is 16.3. The summed E-state index contributed by atoms with van der Waals surface area (Å²) >= 11 is 0. The lowest BCUT2D eigenvalue weighted by molar-refractivity contribution is 0.0948. The Hall–Kier alpha value is -3.61. The molecule has 7 nitrogen and oxygen atoms in total. The van der Waals surface area contributed by atoms with E-state index < -0.39 is 0 Å². The second-order valence-electron chi connectivity index (χ2n) is 6.56. The van der Waals surface area contributed by atoms with Gasteiger partial charge in [-0.3, -0.25) is 9.48 Å². The van der Waals surface area contributed by atoms with Crippen LogP contribution in [-0.2, 0) is 20.1 Å². The first-order valence-electron chi connectivity index (χ1n) is 9.04. The Morgan fingerprint density at radius 1 is 1.14 bits per heavy atom. The second-order valence-corrected chi connectivity index (χ2v) is 6.56. The largest absolute Gasteiger partial charge is 0.467 e. The Bertz CT molecular complexity index is 1100. The highest BCUT2D eigenvalue weighted by Crippen LogP contribution is 2.29. The summed E-state index contributed by atoms with van der Waals surface area (Å²) in [6, 6.07) is 13.7. The van der Waals surface area contributed by atoms with Gasteiger partial charge in [0.2, 0.25) is 0 Å². The number of aryl methyl sites for hydroxylation is 2. The van der Waals surface area contributed by atoms with Crippen molar-refractivity contribution in [3.8, 4) is 0 Å². The van der Waals surface area contributed by atoms with Gasteiger partial charge in [0.15, 0.2) is 5.65 Å². The molecule has 3 aromatic heterocycles. The summed E-state index contributed by atoms with van der Waals surface area (Å²) < 4.78 is 7.01. The lowest BCUT2D eigenvalue weighted by Gasteiger charge is -2.14. The molecule has 3 heterocycles. The number of aromatic nitrogens is 3. The van der Waals surface area contributed by atoms with Gasteiger partial charge in [0, 0.05) is 19.8 Å². The summed E-state index contributed by atoms with van der Waals surface area (Å²) in [5, 5.41) is 11.6. The van der Waals surface area contributed by atoms with E-state index in [1.165, 1.54) is 0 Å². The number of hydrogen-bond acceptors (Lipinski definition) is 5. The van der Waals surface area contributed by atoms with Gasteiger partial charge in [-0.2, -0.15) is 5.10 Å². The molecule has 0 bridgehead atoms. The van der Waals surface area contributed by atoms with E-state index >= 15 is 0 Å². The number of carbonyl (C=O) groups excluding carboxylic acids is 1. The normalized spacial score (nSPS) is 10.9. The van der Waals surface area contributed by atoms with Gasteiger partial charge in [-0.15, -0.1) is 0 Å². The minimum atomic E-state index is -0.218. The molecule has 0 fully saturated rings. The summed E-state index contributed by atoms with van der Waals surface area (Å²) in [5.41, 5.74) is 3.88. The van der Waals surface area contributed by atoms with Crippen LogP contribution in [0.15, 0.2) is 59.3 Å². The van der Waals surface area contributed by atoms with Crippen LogP contribution in [-0.4, -0.2) is 20.7 Å². The van der Waals surface area contributed by atoms with Crippen LogP contribution in [0, 0.1) is 6.92 Å². The van der Waals surface area contributed by atoms with E-state index in [-0.39, 0.29) is 5.91 Å². The number of furan rings is 1.